The third kappa shape index (κ3) is 4.69. The number of rotatable bonds is 10. The van der Waals surface area contributed by atoms with E-state index in [0.717, 1.165) is 56.2 Å². The fourth-order valence-corrected chi connectivity index (χ4v) is 6.78. The van der Waals surface area contributed by atoms with Crippen molar-refractivity contribution in [1.29, 1.82) is 0 Å². The molecule has 0 aliphatic heterocycles. The number of hydrogen-bond donors (Lipinski definition) is 1. The molecule has 0 spiro atoms. The zero-order valence-corrected chi connectivity index (χ0v) is 23.6. The second-order valence-electron chi connectivity index (χ2n) is 10.1. The Morgan fingerprint density at radius 1 is 1.13 bits per heavy atom. The number of anilines is 1. The van der Waals surface area contributed by atoms with Crippen molar-refractivity contribution >= 4 is 27.6 Å². The van der Waals surface area contributed by atoms with Gasteiger partial charge in [0.25, 0.3) is 0 Å². The Kier molecular flexibility index (Phi) is 7.46. The third-order valence-corrected chi connectivity index (χ3v) is 9.60. The van der Waals surface area contributed by atoms with Crippen molar-refractivity contribution in [3.63, 3.8) is 0 Å². The van der Waals surface area contributed by atoms with Crippen LogP contribution >= 0.6 is 11.6 Å². The van der Waals surface area contributed by atoms with Crippen LogP contribution in [-0.4, -0.2) is 69.0 Å². The number of sulfonamides is 1. The van der Waals surface area contributed by atoms with E-state index >= 15 is 0 Å². The predicted octanol–water partition coefficient (Wildman–Crippen LogP) is 3.04. The molecule has 3 heterocycles. The monoisotopic (exact) mass is 564 g/mol. The Morgan fingerprint density at radius 2 is 1.84 bits per heavy atom. The Morgan fingerprint density at radius 3 is 2.47 bits per heavy atom. The number of ether oxygens (including phenoxy) is 2. The molecule has 3 aromatic rings. The minimum atomic E-state index is -4.02. The van der Waals surface area contributed by atoms with Crippen LogP contribution in [0.4, 0.5) is 5.95 Å². The largest absolute Gasteiger partial charge is 0.382 e. The number of methoxy groups -OCH3 is 2. The highest BCUT2D eigenvalue weighted by atomic mass is 35.5. The second-order valence-corrected chi connectivity index (χ2v) is 12.5. The molecule has 2 aliphatic carbocycles. The van der Waals surface area contributed by atoms with Gasteiger partial charge in [-0.15, -0.1) is 10.2 Å². The van der Waals surface area contributed by atoms with Gasteiger partial charge in [-0.1, -0.05) is 11.6 Å². The number of aryl methyl sites for hydroxylation is 1. The van der Waals surface area contributed by atoms with Gasteiger partial charge in [-0.25, -0.2) is 18.4 Å². The molecule has 2 aliphatic rings. The Hall–Kier alpha value is -2.61. The molecule has 1 N–H and O–H groups in total. The standard InChI is InChI=1S/C24H33ClN8O4S/c1-15(20(37-4)21-26-12-16(25)13-27-21)38(34,35)31-23-29-28-22(33(23)24(14-36-3)10-7-11-24)19-17-8-5-6-9-18(17)32(2)30-19/h12-13,15,20H,5-11,14H2,1-4H3,(H,29,31)/t15-,20-/m0/s1. The smallest absolute Gasteiger partial charge is 0.240 e. The quantitative estimate of drug-likeness (QED) is 0.393. The first-order chi connectivity index (χ1) is 18.2. The number of halogens is 1. The maximum atomic E-state index is 13.7. The van der Waals surface area contributed by atoms with Crippen molar-refractivity contribution in [3.8, 4) is 11.5 Å². The number of nitrogens with zero attached hydrogens (tertiary/aromatic N) is 7. The van der Waals surface area contributed by atoms with Gasteiger partial charge in [-0.05, 0) is 51.9 Å². The van der Waals surface area contributed by atoms with E-state index in [-0.39, 0.29) is 11.8 Å². The minimum Gasteiger partial charge on any atom is -0.382 e. The molecule has 0 unspecified atom stereocenters. The molecule has 5 rings (SSSR count). The van der Waals surface area contributed by atoms with Gasteiger partial charge in [0.05, 0.1) is 17.2 Å². The summed E-state index contributed by atoms with van der Waals surface area (Å²) in [4.78, 5) is 8.32. The van der Waals surface area contributed by atoms with Crippen LogP contribution < -0.4 is 4.72 Å². The summed E-state index contributed by atoms with van der Waals surface area (Å²) in [5, 5.41) is 13.0. The first-order valence-corrected chi connectivity index (χ1v) is 14.6. The maximum absolute atomic E-state index is 13.7. The molecular formula is C24H33ClN8O4S. The summed E-state index contributed by atoms with van der Waals surface area (Å²) >= 11 is 5.91. The molecule has 206 valence electrons. The van der Waals surface area contributed by atoms with Gasteiger partial charge in [0.1, 0.15) is 17.0 Å². The fraction of sp³-hybridized carbons (Fsp3) is 0.625. The summed E-state index contributed by atoms with van der Waals surface area (Å²) in [5.41, 5.74) is 2.62. The van der Waals surface area contributed by atoms with E-state index in [9.17, 15) is 8.42 Å². The summed E-state index contributed by atoms with van der Waals surface area (Å²) in [6.45, 7) is 1.94. The normalized spacial score (nSPS) is 18.4. The van der Waals surface area contributed by atoms with Crippen LogP contribution in [0.1, 0.15) is 62.2 Å². The van der Waals surface area contributed by atoms with Crippen LogP contribution in [0.2, 0.25) is 5.02 Å². The lowest BCUT2D eigenvalue weighted by Gasteiger charge is -2.43. The van der Waals surface area contributed by atoms with Crippen LogP contribution in [0.5, 0.6) is 0 Å². The Labute approximate surface area is 227 Å². The molecule has 0 aromatic carbocycles. The SMILES string of the molecule is COCC1(n2c(NS(=O)(=O)[C@@H](C)[C@H](OC)c3ncc(Cl)cn3)nnc2-c2nn(C)c3c2CCCC3)CCC1. The fourth-order valence-electron chi connectivity index (χ4n) is 5.55. The number of nitrogens with one attached hydrogen (secondary N) is 1. The molecule has 12 nitrogen and oxygen atoms in total. The highest BCUT2D eigenvalue weighted by molar-refractivity contribution is 7.93. The lowest BCUT2D eigenvalue weighted by Crippen LogP contribution is -2.46. The molecule has 38 heavy (non-hydrogen) atoms. The van der Waals surface area contributed by atoms with Crippen LogP contribution in [0.3, 0.4) is 0 Å². The molecule has 3 aromatic heterocycles. The van der Waals surface area contributed by atoms with Gasteiger partial charge in [0, 0.05) is 44.9 Å². The van der Waals surface area contributed by atoms with Gasteiger partial charge in [-0.2, -0.15) is 5.10 Å². The van der Waals surface area contributed by atoms with Crippen molar-refractivity contribution in [1.82, 2.24) is 34.5 Å². The number of hydrogen-bond acceptors (Lipinski definition) is 9. The van der Waals surface area contributed by atoms with E-state index in [1.807, 2.05) is 16.3 Å². The van der Waals surface area contributed by atoms with Crippen molar-refractivity contribution in [3.05, 3.63) is 34.5 Å². The summed E-state index contributed by atoms with van der Waals surface area (Å²) in [6.07, 6.45) is 8.54. The van der Waals surface area contributed by atoms with E-state index in [0.29, 0.717) is 17.5 Å². The van der Waals surface area contributed by atoms with E-state index in [4.69, 9.17) is 26.2 Å². The second kappa shape index (κ2) is 10.5. The van der Waals surface area contributed by atoms with E-state index < -0.39 is 26.9 Å². The molecule has 0 amide bonds. The highest BCUT2D eigenvalue weighted by Crippen LogP contribution is 2.45. The van der Waals surface area contributed by atoms with Crippen molar-refractivity contribution < 1.29 is 17.9 Å². The number of fused-ring (bicyclic) bond motifs is 1. The third-order valence-electron chi connectivity index (χ3n) is 7.71. The Bertz CT molecular complexity index is 1400. The van der Waals surface area contributed by atoms with Crippen molar-refractivity contribution in [2.75, 3.05) is 25.5 Å². The molecular weight excluding hydrogens is 532 g/mol. The highest BCUT2D eigenvalue weighted by Gasteiger charge is 2.45. The van der Waals surface area contributed by atoms with E-state index in [1.54, 1.807) is 14.0 Å². The van der Waals surface area contributed by atoms with E-state index in [1.165, 1.54) is 25.2 Å². The molecule has 0 bridgehead atoms. The van der Waals surface area contributed by atoms with Gasteiger partial charge >= 0.3 is 0 Å². The molecule has 14 heteroatoms. The van der Waals surface area contributed by atoms with Crippen LogP contribution in [-0.2, 0) is 44.9 Å². The first-order valence-electron chi connectivity index (χ1n) is 12.7. The predicted molar refractivity (Wildman–Crippen MR) is 141 cm³/mol. The number of aromatic nitrogens is 7. The molecule has 0 radical (unpaired) electrons. The Balaban J connectivity index is 1.55. The summed E-state index contributed by atoms with van der Waals surface area (Å²) in [7, 11) is 0.983. The van der Waals surface area contributed by atoms with Gasteiger partial charge in [0.15, 0.2) is 11.6 Å². The summed E-state index contributed by atoms with van der Waals surface area (Å²) in [6, 6.07) is 0. The van der Waals surface area contributed by atoms with Crippen LogP contribution in [0.15, 0.2) is 12.4 Å². The molecule has 2 atom stereocenters. The minimum absolute atomic E-state index is 0.130. The van der Waals surface area contributed by atoms with Crippen molar-refractivity contribution in [2.24, 2.45) is 7.05 Å². The van der Waals surface area contributed by atoms with Gasteiger partial charge in [-0.3, -0.25) is 14.0 Å². The molecule has 0 saturated heterocycles. The maximum Gasteiger partial charge on any atom is 0.240 e. The average molecular weight is 565 g/mol. The lowest BCUT2D eigenvalue weighted by molar-refractivity contribution is 0.0299. The zero-order valence-electron chi connectivity index (χ0n) is 22.0. The van der Waals surface area contributed by atoms with Crippen LogP contribution in [0.25, 0.3) is 11.5 Å². The topological polar surface area (TPSA) is 139 Å². The van der Waals surface area contributed by atoms with E-state index in [2.05, 4.69) is 24.9 Å². The van der Waals surface area contributed by atoms with Gasteiger partial charge < -0.3 is 9.47 Å². The van der Waals surface area contributed by atoms with Crippen LogP contribution in [0, 0.1) is 0 Å². The van der Waals surface area contributed by atoms with Crippen molar-refractivity contribution in [2.45, 2.75) is 68.8 Å². The lowest BCUT2D eigenvalue weighted by atomic mass is 9.77. The summed E-state index contributed by atoms with van der Waals surface area (Å²) in [5.74, 6) is 0.896. The first kappa shape index (κ1) is 27.0. The zero-order chi connectivity index (χ0) is 27.1. The molecule has 1 saturated carbocycles. The van der Waals surface area contributed by atoms with Gasteiger partial charge in [0.2, 0.25) is 16.0 Å². The summed E-state index contributed by atoms with van der Waals surface area (Å²) < 4.78 is 44.9. The molecule has 1 fully saturated rings. The average Bonchev–Trinajstić information content (AvgIpc) is 3.43.